The Morgan fingerprint density at radius 2 is 1.52 bits per heavy atom. The molecule has 3 nitrogen and oxygen atoms in total. The molecule has 3 heteroatoms. The number of ether oxygens (including phenoxy) is 1. The van der Waals surface area contributed by atoms with Gasteiger partial charge in [-0.15, -0.1) is 0 Å². The molecule has 0 aliphatic heterocycles. The molecule has 0 fully saturated rings. The summed E-state index contributed by atoms with van der Waals surface area (Å²) in [4.78, 5) is 12.6. The molecule has 0 aliphatic carbocycles. The molecule has 3 aromatic carbocycles. The maximum atomic E-state index is 12.6. The Labute approximate surface area is 161 Å². The van der Waals surface area contributed by atoms with Gasteiger partial charge >= 0.3 is 0 Å². The number of aryl methyl sites for hydroxylation is 3. The van der Waals surface area contributed by atoms with Gasteiger partial charge < -0.3 is 10.1 Å². The minimum atomic E-state index is -0.206. The first kappa shape index (κ1) is 18.7. The minimum Gasteiger partial charge on any atom is -0.484 e. The molecule has 0 spiro atoms. The zero-order valence-electron chi connectivity index (χ0n) is 16.0. The second kappa shape index (κ2) is 8.54. The third-order valence-corrected chi connectivity index (χ3v) is 4.50. The van der Waals surface area contributed by atoms with Gasteiger partial charge in [0.25, 0.3) is 5.91 Å². The Balaban J connectivity index is 1.76. The third kappa shape index (κ3) is 4.98. The molecular formula is C24H25NO2. The summed E-state index contributed by atoms with van der Waals surface area (Å²) in [7, 11) is 0. The van der Waals surface area contributed by atoms with Gasteiger partial charge in [-0.3, -0.25) is 4.79 Å². The lowest BCUT2D eigenvalue weighted by Crippen LogP contribution is -2.33. The molecule has 1 unspecified atom stereocenters. The SMILES string of the molecule is Cc1cc(C)cc(OCC(=O)NC(c2ccccc2)c2ccccc2C)c1. The number of nitrogens with one attached hydrogen (secondary N) is 1. The average molecular weight is 359 g/mol. The molecule has 3 aromatic rings. The standard InChI is InChI=1S/C24H25NO2/c1-17-13-18(2)15-21(14-17)27-16-23(26)25-24(20-10-5-4-6-11-20)22-12-8-7-9-19(22)3/h4-15,24H,16H2,1-3H3,(H,25,26). The third-order valence-electron chi connectivity index (χ3n) is 4.50. The fraction of sp³-hybridized carbons (Fsp3) is 0.208. The van der Waals surface area contributed by atoms with Crippen LogP contribution in [-0.2, 0) is 4.79 Å². The predicted molar refractivity (Wildman–Crippen MR) is 109 cm³/mol. The normalized spacial score (nSPS) is 11.7. The minimum absolute atomic E-state index is 0.0158. The van der Waals surface area contributed by atoms with E-state index in [2.05, 4.69) is 30.4 Å². The number of rotatable bonds is 6. The van der Waals surface area contributed by atoms with E-state index >= 15 is 0 Å². The quantitative estimate of drug-likeness (QED) is 0.680. The molecule has 0 saturated carbocycles. The fourth-order valence-corrected chi connectivity index (χ4v) is 3.26. The maximum Gasteiger partial charge on any atom is 0.258 e. The molecule has 0 heterocycles. The Bertz CT molecular complexity index is 898. The topological polar surface area (TPSA) is 38.3 Å². The molecule has 0 saturated heterocycles. The highest BCUT2D eigenvalue weighted by molar-refractivity contribution is 5.78. The van der Waals surface area contributed by atoms with Crippen LogP contribution in [0.4, 0.5) is 0 Å². The lowest BCUT2D eigenvalue weighted by molar-refractivity contribution is -0.123. The van der Waals surface area contributed by atoms with Crippen LogP contribution in [0.2, 0.25) is 0 Å². The van der Waals surface area contributed by atoms with E-state index in [1.807, 2.05) is 68.4 Å². The van der Waals surface area contributed by atoms with Crippen molar-refractivity contribution in [2.75, 3.05) is 6.61 Å². The zero-order chi connectivity index (χ0) is 19.2. The van der Waals surface area contributed by atoms with E-state index in [0.717, 1.165) is 33.6 Å². The Morgan fingerprint density at radius 1 is 0.889 bits per heavy atom. The van der Waals surface area contributed by atoms with Gasteiger partial charge in [0.2, 0.25) is 0 Å². The van der Waals surface area contributed by atoms with Crippen molar-refractivity contribution < 1.29 is 9.53 Å². The van der Waals surface area contributed by atoms with Crippen LogP contribution in [0.3, 0.4) is 0 Å². The second-order valence-electron chi connectivity index (χ2n) is 6.88. The van der Waals surface area contributed by atoms with Gasteiger partial charge in [0.05, 0.1) is 6.04 Å². The first-order valence-corrected chi connectivity index (χ1v) is 9.14. The van der Waals surface area contributed by atoms with E-state index in [1.165, 1.54) is 0 Å². The van der Waals surface area contributed by atoms with Gasteiger partial charge in [-0.1, -0.05) is 60.7 Å². The van der Waals surface area contributed by atoms with E-state index in [0.29, 0.717) is 0 Å². The highest BCUT2D eigenvalue weighted by Gasteiger charge is 2.18. The average Bonchev–Trinajstić information content (AvgIpc) is 2.65. The van der Waals surface area contributed by atoms with Crippen molar-refractivity contribution >= 4 is 5.91 Å². The van der Waals surface area contributed by atoms with Gasteiger partial charge in [-0.25, -0.2) is 0 Å². The van der Waals surface area contributed by atoms with Crippen molar-refractivity contribution in [3.8, 4) is 5.75 Å². The molecule has 0 bridgehead atoms. The number of hydrogen-bond donors (Lipinski definition) is 1. The molecule has 1 amide bonds. The second-order valence-corrected chi connectivity index (χ2v) is 6.88. The first-order valence-electron chi connectivity index (χ1n) is 9.14. The van der Waals surface area contributed by atoms with Crippen LogP contribution < -0.4 is 10.1 Å². The molecule has 1 N–H and O–H groups in total. The summed E-state index contributed by atoms with van der Waals surface area (Å²) in [5.41, 5.74) is 5.51. The molecule has 0 radical (unpaired) electrons. The summed E-state index contributed by atoms with van der Waals surface area (Å²) in [6, 6.07) is 23.9. The van der Waals surface area contributed by atoms with E-state index in [4.69, 9.17) is 4.74 Å². The van der Waals surface area contributed by atoms with Crippen molar-refractivity contribution in [3.63, 3.8) is 0 Å². The van der Waals surface area contributed by atoms with Gasteiger partial charge in [0.15, 0.2) is 6.61 Å². The highest BCUT2D eigenvalue weighted by atomic mass is 16.5. The van der Waals surface area contributed by atoms with E-state index in [-0.39, 0.29) is 18.6 Å². The van der Waals surface area contributed by atoms with Gasteiger partial charge in [0.1, 0.15) is 5.75 Å². The Morgan fingerprint density at radius 3 is 2.19 bits per heavy atom. The number of amides is 1. The largest absolute Gasteiger partial charge is 0.484 e. The number of hydrogen-bond acceptors (Lipinski definition) is 2. The molecule has 0 aliphatic rings. The van der Waals surface area contributed by atoms with Gasteiger partial charge in [-0.2, -0.15) is 0 Å². The van der Waals surface area contributed by atoms with Crippen LogP contribution in [0.1, 0.15) is 33.9 Å². The summed E-state index contributed by atoms with van der Waals surface area (Å²) in [5.74, 6) is 0.570. The zero-order valence-corrected chi connectivity index (χ0v) is 16.0. The smallest absolute Gasteiger partial charge is 0.258 e. The first-order chi connectivity index (χ1) is 13.0. The monoisotopic (exact) mass is 359 g/mol. The molecule has 27 heavy (non-hydrogen) atoms. The van der Waals surface area contributed by atoms with Crippen LogP contribution >= 0.6 is 0 Å². The molecule has 1 atom stereocenters. The summed E-state index contributed by atoms with van der Waals surface area (Å²) < 4.78 is 5.72. The lowest BCUT2D eigenvalue weighted by Gasteiger charge is -2.22. The van der Waals surface area contributed by atoms with E-state index in [1.54, 1.807) is 0 Å². The highest BCUT2D eigenvalue weighted by Crippen LogP contribution is 2.25. The number of carbonyl (C=O) groups excluding carboxylic acids is 1. The molecule has 3 rings (SSSR count). The lowest BCUT2D eigenvalue weighted by atomic mass is 9.95. The van der Waals surface area contributed by atoms with Crippen molar-refractivity contribution in [1.29, 1.82) is 0 Å². The summed E-state index contributed by atoms with van der Waals surface area (Å²) >= 11 is 0. The van der Waals surface area contributed by atoms with Crippen molar-refractivity contribution in [3.05, 3.63) is 101 Å². The molecular weight excluding hydrogens is 334 g/mol. The van der Waals surface area contributed by atoms with Gasteiger partial charge in [-0.05, 0) is 60.7 Å². The summed E-state index contributed by atoms with van der Waals surface area (Å²) in [6.45, 7) is 6.08. The Hall–Kier alpha value is -3.07. The molecule has 138 valence electrons. The fourth-order valence-electron chi connectivity index (χ4n) is 3.26. The Kier molecular flexibility index (Phi) is 5.92. The number of benzene rings is 3. The molecule has 0 aromatic heterocycles. The maximum absolute atomic E-state index is 12.6. The van der Waals surface area contributed by atoms with Crippen molar-refractivity contribution in [2.24, 2.45) is 0 Å². The van der Waals surface area contributed by atoms with Crippen LogP contribution in [0.15, 0.2) is 72.8 Å². The van der Waals surface area contributed by atoms with E-state index in [9.17, 15) is 4.79 Å². The van der Waals surface area contributed by atoms with Crippen LogP contribution in [0.25, 0.3) is 0 Å². The van der Waals surface area contributed by atoms with Crippen LogP contribution in [0, 0.1) is 20.8 Å². The number of carbonyl (C=O) groups is 1. The summed E-state index contributed by atoms with van der Waals surface area (Å²) in [6.07, 6.45) is 0. The van der Waals surface area contributed by atoms with Gasteiger partial charge in [0, 0.05) is 0 Å². The van der Waals surface area contributed by atoms with E-state index < -0.39 is 0 Å². The van der Waals surface area contributed by atoms with Crippen molar-refractivity contribution in [1.82, 2.24) is 5.32 Å². The predicted octanol–water partition coefficient (Wildman–Crippen LogP) is 4.90. The summed E-state index contributed by atoms with van der Waals surface area (Å²) in [5, 5.41) is 3.13. The van der Waals surface area contributed by atoms with Crippen LogP contribution in [0.5, 0.6) is 5.75 Å². The van der Waals surface area contributed by atoms with Crippen LogP contribution in [-0.4, -0.2) is 12.5 Å². The van der Waals surface area contributed by atoms with Crippen molar-refractivity contribution in [2.45, 2.75) is 26.8 Å².